The third kappa shape index (κ3) is 6.76. The van der Waals surface area contributed by atoms with Crippen molar-refractivity contribution in [2.45, 2.75) is 41.5 Å². The molecule has 83 valence electrons. The van der Waals surface area contributed by atoms with E-state index in [-0.39, 0.29) is 0 Å². The second kappa shape index (κ2) is 10.8. The van der Waals surface area contributed by atoms with E-state index in [0.29, 0.717) is 0 Å². The molecule has 0 aliphatic carbocycles. The Balaban J connectivity index is 0. The maximum atomic E-state index is 5.17. The molecule has 0 heterocycles. The quantitative estimate of drug-likeness (QED) is 0.566. The zero-order chi connectivity index (χ0) is 12.3. The molecule has 1 aromatic rings. The first-order chi connectivity index (χ1) is 7.24. The summed E-state index contributed by atoms with van der Waals surface area (Å²) < 4.78 is 0. The summed E-state index contributed by atoms with van der Waals surface area (Å²) in [5, 5.41) is 0. The van der Waals surface area contributed by atoms with Gasteiger partial charge in [-0.25, -0.2) is 0 Å². The molecule has 0 bridgehead atoms. The van der Waals surface area contributed by atoms with Crippen LogP contribution >= 0.6 is 0 Å². The molecule has 0 amide bonds. The van der Waals surface area contributed by atoms with Gasteiger partial charge in [0, 0.05) is 0 Å². The Kier molecular flexibility index (Phi) is 11.7. The normalized spacial score (nSPS) is 7.33. The van der Waals surface area contributed by atoms with Gasteiger partial charge in [0.05, 0.1) is 0 Å². The summed E-state index contributed by atoms with van der Waals surface area (Å²) in [4.78, 5) is 0. The Morgan fingerprint density at radius 3 is 2.07 bits per heavy atom. The fourth-order valence-electron chi connectivity index (χ4n) is 1.01. The summed E-state index contributed by atoms with van der Waals surface area (Å²) in [7, 11) is 0. The van der Waals surface area contributed by atoms with Crippen LogP contribution in [0.1, 0.15) is 44.4 Å². The van der Waals surface area contributed by atoms with Crippen LogP contribution in [0.5, 0.6) is 0 Å². The molecule has 0 unspecified atom stereocenters. The van der Waals surface area contributed by atoms with Crippen LogP contribution in [0.25, 0.3) is 6.08 Å². The molecule has 1 aromatic carbocycles. The van der Waals surface area contributed by atoms with Crippen LogP contribution < -0.4 is 0 Å². The average Bonchev–Trinajstić information content (AvgIpc) is 2.29. The Hall–Kier alpha value is -1.26. The minimum Gasteiger partial charge on any atom is -0.120 e. The Morgan fingerprint density at radius 2 is 1.60 bits per heavy atom. The van der Waals surface area contributed by atoms with E-state index < -0.39 is 0 Å². The van der Waals surface area contributed by atoms with Gasteiger partial charge in [-0.2, -0.15) is 0 Å². The zero-order valence-corrected chi connectivity index (χ0v) is 10.9. The van der Waals surface area contributed by atoms with Gasteiger partial charge in [-0.05, 0) is 37.6 Å². The fourth-order valence-corrected chi connectivity index (χ4v) is 1.01. The molecule has 15 heavy (non-hydrogen) atoms. The summed E-state index contributed by atoms with van der Waals surface area (Å²) in [5.74, 6) is 0. The first-order valence-electron chi connectivity index (χ1n) is 5.60. The highest BCUT2D eigenvalue weighted by atomic mass is 14.0. The molecule has 0 N–H and O–H groups in total. The van der Waals surface area contributed by atoms with Crippen LogP contribution in [0.3, 0.4) is 0 Å². The van der Waals surface area contributed by atoms with Crippen LogP contribution in [0.15, 0.2) is 23.9 Å². The van der Waals surface area contributed by atoms with E-state index in [0.717, 1.165) is 5.56 Å². The molecule has 0 nitrogen and oxygen atoms in total. The third-order valence-corrected chi connectivity index (χ3v) is 1.67. The third-order valence-electron chi connectivity index (χ3n) is 1.67. The van der Waals surface area contributed by atoms with Crippen molar-refractivity contribution in [2.75, 3.05) is 0 Å². The highest BCUT2D eigenvalue weighted by Gasteiger charge is 1.92. The van der Waals surface area contributed by atoms with Gasteiger partial charge >= 0.3 is 0 Å². The summed E-state index contributed by atoms with van der Waals surface area (Å²) in [6.07, 6.45) is 1.79. The van der Waals surface area contributed by atoms with Crippen LogP contribution in [0.2, 0.25) is 0 Å². The molecule has 0 saturated carbocycles. The molecule has 0 aliphatic heterocycles. The van der Waals surface area contributed by atoms with Gasteiger partial charge in [0.15, 0.2) is 0 Å². The van der Waals surface area contributed by atoms with Crippen LogP contribution in [-0.2, 0) is 0 Å². The van der Waals surface area contributed by atoms with Gasteiger partial charge in [0.25, 0.3) is 0 Å². The SMILES string of the molecule is CC.CC.[CH]=C=Cc1cc(C)ccc1C. The molecule has 0 atom stereocenters. The van der Waals surface area contributed by atoms with E-state index in [1.54, 1.807) is 6.08 Å². The summed E-state index contributed by atoms with van der Waals surface area (Å²) in [6, 6.07) is 6.26. The van der Waals surface area contributed by atoms with Crippen molar-refractivity contribution in [3.8, 4) is 0 Å². The first kappa shape index (κ1) is 16.2. The topological polar surface area (TPSA) is 0 Å². The largest absolute Gasteiger partial charge is 0.120 e. The van der Waals surface area contributed by atoms with Crippen molar-refractivity contribution in [2.24, 2.45) is 0 Å². The molecule has 0 aromatic heterocycles. The lowest BCUT2D eigenvalue weighted by Crippen LogP contribution is -1.80. The van der Waals surface area contributed by atoms with Gasteiger partial charge in [0.1, 0.15) is 0 Å². The maximum absolute atomic E-state index is 5.17. The minimum atomic E-state index is 1.15. The minimum absolute atomic E-state index is 1.15. The van der Waals surface area contributed by atoms with Crippen molar-refractivity contribution in [1.82, 2.24) is 0 Å². The first-order valence-corrected chi connectivity index (χ1v) is 5.60. The lowest BCUT2D eigenvalue weighted by Gasteiger charge is -1.99. The van der Waals surface area contributed by atoms with E-state index in [1.165, 1.54) is 11.1 Å². The summed E-state index contributed by atoms with van der Waals surface area (Å²) in [6.45, 7) is 17.3. The maximum Gasteiger partial charge on any atom is -0.0122 e. The second-order valence-electron chi connectivity index (χ2n) is 2.67. The van der Waals surface area contributed by atoms with E-state index in [1.807, 2.05) is 27.7 Å². The van der Waals surface area contributed by atoms with Crippen molar-refractivity contribution in [3.63, 3.8) is 0 Å². The molecular formula is C15H23. The Bertz CT molecular complexity index is 302. The van der Waals surface area contributed by atoms with Crippen LogP contribution in [-0.4, -0.2) is 0 Å². The molecule has 0 aliphatic rings. The second-order valence-corrected chi connectivity index (χ2v) is 2.67. The fraction of sp³-hybridized carbons (Fsp3) is 0.400. The molecular weight excluding hydrogens is 180 g/mol. The summed E-state index contributed by atoms with van der Waals surface area (Å²) in [5.41, 5.74) is 6.15. The van der Waals surface area contributed by atoms with E-state index in [4.69, 9.17) is 6.58 Å². The van der Waals surface area contributed by atoms with Gasteiger partial charge in [0.2, 0.25) is 0 Å². The van der Waals surface area contributed by atoms with Crippen molar-refractivity contribution >= 4 is 6.08 Å². The number of benzene rings is 1. The van der Waals surface area contributed by atoms with E-state index in [9.17, 15) is 0 Å². The smallest absolute Gasteiger partial charge is 0.0122 e. The predicted molar refractivity (Wildman–Crippen MR) is 70.9 cm³/mol. The summed E-state index contributed by atoms with van der Waals surface area (Å²) >= 11 is 0. The van der Waals surface area contributed by atoms with Crippen LogP contribution in [0, 0.1) is 20.4 Å². The standard InChI is InChI=1S/C11H11.2C2H6/c1-4-5-11-8-9(2)6-7-10(11)3;2*1-2/h1,5-8H,2-3H3;2*1-2H3. The number of hydrogen-bond acceptors (Lipinski definition) is 0. The van der Waals surface area contributed by atoms with Gasteiger partial charge in [-0.3, -0.25) is 0 Å². The molecule has 0 spiro atoms. The lowest BCUT2D eigenvalue weighted by molar-refractivity contribution is 1.38. The molecule has 1 rings (SSSR count). The highest BCUT2D eigenvalue weighted by Crippen LogP contribution is 2.11. The number of rotatable bonds is 1. The van der Waals surface area contributed by atoms with Gasteiger partial charge in [-0.15, -0.1) is 5.73 Å². The number of hydrogen-bond donors (Lipinski definition) is 0. The molecule has 1 radical (unpaired) electrons. The van der Waals surface area contributed by atoms with Crippen LogP contribution in [0.4, 0.5) is 0 Å². The zero-order valence-electron chi connectivity index (χ0n) is 10.9. The Labute approximate surface area is 95.3 Å². The lowest BCUT2D eigenvalue weighted by atomic mass is 10.1. The van der Waals surface area contributed by atoms with Crippen molar-refractivity contribution in [1.29, 1.82) is 0 Å². The number of aryl methyl sites for hydroxylation is 2. The highest BCUT2D eigenvalue weighted by molar-refractivity contribution is 5.53. The average molecular weight is 203 g/mol. The molecule has 0 heteroatoms. The molecule has 0 saturated heterocycles. The van der Waals surface area contributed by atoms with Crippen molar-refractivity contribution < 1.29 is 0 Å². The van der Waals surface area contributed by atoms with Crippen molar-refractivity contribution in [3.05, 3.63) is 47.2 Å². The predicted octanol–water partition coefficient (Wildman–Crippen LogP) is 4.96. The molecule has 0 fully saturated rings. The van der Waals surface area contributed by atoms with E-state index in [2.05, 4.69) is 37.8 Å². The Morgan fingerprint density at radius 1 is 1.07 bits per heavy atom. The monoisotopic (exact) mass is 203 g/mol. The van der Waals surface area contributed by atoms with Gasteiger partial charge < -0.3 is 0 Å². The van der Waals surface area contributed by atoms with Gasteiger partial charge in [-0.1, -0.05) is 51.5 Å². The van der Waals surface area contributed by atoms with E-state index >= 15 is 0 Å².